The molecule has 9 heteroatoms. The maximum absolute atomic E-state index is 12.4. The molecule has 0 fully saturated rings. The van der Waals surface area contributed by atoms with Gasteiger partial charge in [-0.25, -0.2) is 9.97 Å². The number of nitrogens with zero attached hydrogens (tertiary/aromatic N) is 2. The van der Waals surface area contributed by atoms with Crippen molar-refractivity contribution in [3.05, 3.63) is 51.4 Å². The van der Waals surface area contributed by atoms with E-state index < -0.39 is 0 Å². The first-order valence-electron chi connectivity index (χ1n) is 7.72. The lowest BCUT2D eigenvalue weighted by Crippen LogP contribution is -2.23. The van der Waals surface area contributed by atoms with Crippen LogP contribution < -0.4 is 10.1 Å². The third-order valence-electron chi connectivity index (χ3n) is 3.34. The van der Waals surface area contributed by atoms with E-state index in [1.165, 1.54) is 22.7 Å². The van der Waals surface area contributed by atoms with Crippen molar-refractivity contribution in [2.24, 2.45) is 0 Å². The van der Waals surface area contributed by atoms with Crippen molar-refractivity contribution in [2.75, 3.05) is 20.3 Å². The smallest absolute Gasteiger partial charge is 0.271 e. The van der Waals surface area contributed by atoms with Crippen LogP contribution in [-0.2, 0) is 11.3 Å². The number of rotatable bonds is 8. The summed E-state index contributed by atoms with van der Waals surface area (Å²) in [5.74, 6) is 0.235. The van der Waals surface area contributed by atoms with Crippen LogP contribution in [0.3, 0.4) is 0 Å². The normalized spacial score (nSPS) is 10.7. The van der Waals surface area contributed by atoms with Gasteiger partial charge in [-0.3, -0.25) is 4.79 Å². The molecule has 0 aromatic carbocycles. The summed E-state index contributed by atoms with van der Waals surface area (Å²) >= 11 is 8.79. The summed E-state index contributed by atoms with van der Waals surface area (Å²) in [4.78, 5) is 21.9. The molecule has 3 aromatic heterocycles. The molecular formula is C17H16ClN3O3S2. The van der Waals surface area contributed by atoms with Gasteiger partial charge in [0, 0.05) is 30.8 Å². The maximum atomic E-state index is 12.4. The Kier molecular flexibility index (Phi) is 6.56. The lowest BCUT2D eigenvalue weighted by atomic mass is 10.2. The second-order valence-corrected chi connectivity index (χ2v) is 7.71. The van der Waals surface area contributed by atoms with Crippen molar-refractivity contribution in [3.63, 3.8) is 0 Å². The van der Waals surface area contributed by atoms with Crippen LogP contribution in [0, 0.1) is 0 Å². The average Bonchev–Trinajstić information content (AvgIpc) is 3.30. The predicted molar refractivity (Wildman–Crippen MR) is 103 cm³/mol. The number of aromatic nitrogens is 2. The molecule has 1 N–H and O–H groups in total. The fraction of sp³-hybridized carbons (Fsp3) is 0.235. The van der Waals surface area contributed by atoms with Gasteiger partial charge in [0.05, 0.1) is 15.8 Å². The summed E-state index contributed by atoms with van der Waals surface area (Å²) in [5, 5.41) is 5.36. The summed E-state index contributed by atoms with van der Waals surface area (Å²) in [6.45, 7) is 1.16. The SMILES string of the molecule is COCCOc1ncccc1CNC(=O)c1csc(-c2ccc(Cl)s2)n1. The van der Waals surface area contributed by atoms with Gasteiger partial charge in [0.1, 0.15) is 17.3 Å². The molecule has 3 rings (SSSR count). The van der Waals surface area contributed by atoms with Crippen molar-refractivity contribution >= 4 is 40.2 Å². The van der Waals surface area contributed by atoms with Crippen LogP contribution in [-0.4, -0.2) is 36.2 Å². The number of amides is 1. The Morgan fingerprint density at radius 2 is 2.19 bits per heavy atom. The highest BCUT2D eigenvalue weighted by Gasteiger charge is 2.14. The highest BCUT2D eigenvalue weighted by atomic mass is 35.5. The largest absolute Gasteiger partial charge is 0.475 e. The van der Waals surface area contributed by atoms with Gasteiger partial charge >= 0.3 is 0 Å². The van der Waals surface area contributed by atoms with Gasteiger partial charge in [-0.15, -0.1) is 22.7 Å². The van der Waals surface area contributed by atoms with E-state index in [-0.39, 0.29) is 5.91 Å². The van der Waals surface area contributed by atoms with Crippen LogP contribution in [0.25, 0.3) is 9.88 Å². The number of pyridine rings is 1. The summed E-state index contributed by atoms with van der Waals surface area (Å²) < 4.78 is 11.2. The molecule has 26 heavy (non-hydrogen) atoms. The number of hydrogen-bond acceptors (Lipinski definition) is 7. The van der Waals surface area contributed by atoms with Crippen molar-refractivity contribution in [2.45, 2.75) is 6.54 Å². The van der Waals surface area contributed by atoms with Gasteiger partial charge in [-0.05, 0) is 18.2 Å². The quantitative estimate of drug-likeness (QED) is 0.571. The highest BCUT2D eigenvalue weighted by Crippen LogP contribution is 2.32. The average molecular weight is 410 g/mol. The molecule has 0 saturated heterocycles. The van der Waals surface area contributed by atoms with Crippen molar-refractivity contribution in [3.8, 4) is 15.8 Å². The number of methoxy groups -OCH3 is 1. The van der Waals surface area contributed by atoms with Crippen LogP contribution in [0.15, 0.2) is 35.8 Å². The van der Waals surface area contributed by atoms with Gasteiger partial charge in [-0.2, -0.15) is 0 Å². The number of nitrogens with one attached hydrogen (secondary N) is 1. The van der Waals surface area contributed by atoms with Crippen molar-refractivity contribution in [1.29, 1.82) is 0 Å². The third-order valence-corrected chi connectivity index (χ3v) is 5.58. The Labute approximate surface area is 163 Å². The van der Waals surface area contributed by atoms with Crippen LogP contribution in [0.5, 0.6) is 5.88 Å². The molecule has 0 atom stereocenters. The number of halogens is 1. The summed E-state index contributed by atoms with van der Waals surface area (Å²) in [7, 11) is 1.61. The molecule has 0 aliphatic rings. The predicted octanol–water partition coefficient (Wildman–Crippen LogP) is 3.88. The van der Waals surface area contributed by atoms with Gasteiger partial charge in [0.15, 0.2) is 0 Å². The van der Waals surface area contributed by atoms with Crippen LogP contribution in [0.4, 0.5) is 0 Å². The number of thiazole rings is 1. The molecular weight excluding hydrogens is 394 g/mol. The number of hydrogen-bond donors (Lipinski definition) is 1. The molecule has 0 unspecified atom stereocenters. The Hall–Kier alpha value is -2.00. The molecule has 0 saturated carbocycles. The maximum Gasteiger partial charge on any atom is 0.271 e. The molecule has 0 aliphatic heterocycles. The third kappa shape index (κ3) is 4.79. The zero-order valence-electron chi connectivity index (χ0n) is 13.9. The molecule has 3 aromatic rings. The molecule has 0 aliphatic carbocycles. The molecule has 6 nitrogen and oxygen atoms in total. The molecule has 1 amide bonds. The van der Waals surface area contributed by atoms with E-state index in [1.807, 2.05) is 18.2 Å². The standard InChI is InChI=1S/C17H16ClN3O3S2/c1-23-7-8-24-16-11(3-2-6-19-16)9-20-15(22)12-10-25-17(21-12)13-4-5-14(18)26-13/h2-6,10H,7-9H2,1H3,(H,20,22). The van der Waals surface area contributed by atoms with Crippen molar-refractivity contribution in [1.82, 2.24) is 15.3 Å². The zero-order valence-corrected chi connectivity index (χ0v) is 16.3. The van der Waals surface area contributed by atoms with Crippen LogP contribution >= 0.6 is 34.3 Å². The minimum atomic E-state index is -0.248. The minimum Gasteiger partial charge on any atom is -0.475 e. The Balaban J connectivity index is 1.62. The number of thiophene rings is 1. The van der Waals surface area contributed by atoms with Gasteiger partial charge < -0.3 is 14.8 Å². The van der Waals surface area contributed by atoms with E-state index in [0.29, 0.717) is 35.7 Å². The zero-order chi connectivity index (χ0) is 18.4. The molecule has 0 bridgehead atoms. The summed E-state index contributed by atoms with van der Waals surface area (Å²) in [6.07, 6.45) is 1.65. The summed E-state index contributed by atoms with van der Waals surface area (Å²) in [6, 6.07) is 7.37. The van der Waals surface area contributed by atoms with Gasteiger partial charge in [0.2, 0.25) is 5.88 Å². The lowest BCUT2D eigenvalue weighted by molar-refractivity contribution is 0.0946. The number of carbonyl (C=O) groups is 1. The lowest BCUT2D eigenvalue weighted by Gasteiger charge is -2.10. The van der Waals surface area contributed by atoms with Crippen molar-refractivity contribution < 1.29 is 14.3 Å². The second kappa shape index (κ2) is 9.09. The molecule has 3 heterocycles. The van der Waals surface area contributed by atoms with Crippen LogP contribution in [0.2, 0.25) is 4.34 Å². The molecule has 0 spiro atoms. The monoisotopic (exact) mass is 409 g/mol. The first-order valence-corrected chi connectivity index (χ1v) is 9.80. The van der Waals surface area contributed by atoms with Gasteiger partial charge in [-0.1, -0.05) is 17.7 Å². The minimum absolute atomic E-state index is 0.248. The van der Waals surface area contributed by atoms with E-state index in [2.05, 4.69) is 15.3 Å². The highest BCUT2D eigenvalue weighted by molar-refractivity contribution is 7.23. The fourth-order valence-corrected chi connectivity index (χ4v) is 4.01. The van der Waals surface area contributed by atoms with Crippen LogP contribution in [0.1, 0.15) is 16.1 Å². The second-order valence-electron chi connectivity index (χ2n) is 5.13. The van der Waals surface area contributed by atoms with E-state index >= 15 is 0 Å². The Bertz CT molecular complexity index is 882. The Morgan fingerprint density at radius 3 is 2.96 bits per heavy atom. The fourth-order valence-electron chi connectivity index (χ4n) is 2.10. The first-order chi connectivity index (χ1) is 12.7. The number of ether oxygens (including phenoxy) is 2. The van der Waals surface area contributed by atoms with E-state index in [0.717, 1.165) is 15.4 Å². The van der Waals surface area contributed by atoms with E-state index in [4.69, 9.17) is 21.1 Å². The topological polar surface area (TPSA) is 73.3 Å². The first kappa shape index (κ1) is 18.8. The number of carbonyl (C=O) groups excluding carboxylic acids is 1. The molecule has 136 valence electrons. The van der Waals surface area contributed by atoms with E-state index in [1.54, 1.807) is 24.8 Å². The van der Waals surface area contributed by atoms with E-state index in [9.17, 15) is 4.79 Å². The summed E-state index contributed by atoms with van der Waals surface area (Å²) in [5.41, 5.74) is 1.16. The molecule has 0 radical (unpaired) electrons. The Morgan fingerprint density at radius 1 is 1.31 bits per heavy atom. The van der Waals surface area contributed by atoms with Gasteiger partial charge in [0.25, 0.3) is 5.91 Å².